The molecular formula is C4H9PSi. The van der Waals surface area contributed by atoms with Crippen LogP contribution >= 0.6 is 8.70 Å². The second-order valence-corrected chi connectivity index (χ2v) is 7.76. The van der Waals surface area contributed by atoms with E-state index in [9.17, 15) is 0 Å². The molecule has 0 aromatic carbocycles. The van der Waals surface area contributed by atoms with E-state index in [0.29, 0.717) is 0 Å². The third kappa shape index (κ3) is 4.43. The van der Waals surface area contributed by atoms with Crippen molar-refractivity contribution >= 4 is 16.8 Å². The summed E-state index contributed by atoms with van der Waals surface area (Å²) in [7, 11) is 2.90. The van der Waals surface area contributed by atoms with E-state index in [1.807, 2.05) is 0 Å². The first-order chi connectivity index (χ1) is 2.56. The van der Waals surface area contributed by atoms with E-state index in [-0.39, 0.29) is 0 Å². The zero-order chi connectivity index (χ0) is 5.21. The molecule has 0 N–H and O–H groups in total. The van der Waals surface area contributed by atoms with Gasteiger partial charge in [-0.3, -0.25) is 0 Å². The summed E-state index contributed by atoms with van der Waals surface area (Å²) in [6.45, 7) is 6.58. The van der Waals surface area contributed by atoms with E-state index in [1.54, 1.807) is 0 Å². The van der Waals surface area contributed by atoms with Crippen LogP contribution in [-0.4, -0.2) is 8.07 Å². The Hall–Kier alpha value is 0.427. The molecule has 0 unspecified atom stereocenters. The summed E-state index contributed by atoms with van der Waals surface area (Å²) in [5.41, 5.74) is 0. The Bertz CT molecular complexity index is 74.5. The van der Waals surface area contributed by atoms with E-state index in [2.05, 4.69) is 33.6 Å². The zero-order valence-electron chi connectivity index (χ0n) is 4.45. The predicted molar refractivity (Wildman–Crippen MR) is 34.2 cm³/mol. The standard InChI is InChI=1S/C4H9PSi/c1-6(2,3)4-5/h1-3H3. The van der Waals surface area contributed by atoms with Gasteiger partial charge in [0.05, 0.1) is 0 Å². The molecule has 0 aromatic rings. The molecule has 0 amide bonds. The van der Waals surface area contributed by atoms with E-state index >= 15 is 0 Å². The second kappa shape index (κ2) is 1.93. The Balaban J connectivity index is 3.55. The molecule has 2 heteroatoms. The molecule has 0 heterocycles. The summed E-state index contributed by atoms with van der Waals surface area (Å²) in [4.78, 5) is 0. The normalized spacial score (nSPS) is 10.3. The molecule has 0 saturated heterocycles. The average Bonchev–Trinajstić information content (AvgIpc) is 1.35. The van der Waals surface area contributed by atoms with Gasteiger partial charge in [0, 0.05) is 0 Å². The van der Waals surface area contributed by atoms with E-state index < -0.39 is 8.07 Å². The third-order valence-corrected chi connectivity index (χ3v) is 3.02. The van der Waals surface area contributed by atoms with Crippen molar-refractivity contribution in [1.29, 1.82) is 0 Å². The fraction of sp³-hybridized carbons (Fsp3) is 0.750. The molecule has 0 saturated carbocycles. The Labute approximate surface area is 42.5 Å². The van der Waals surface area contributed by atoms with Crippen LogP contribution in [0.2, 0.25) is 19.6 Å². The second-order valence-electron chi connectivity index (χ2n) is 2.36. The summed E-state index contributed by atoms with van der Waals surface area (Å²) < 4.78 is 0. The first-order valence-corrected chi connectivity index (χ1v) is 5.92. The summed E-state index contributed by atoms with van der Waals surface area (Å²) in [6, 6.07) is 0. The molecule has 0 spiro atoms. The Morgan fingerprint density at radius 2 is 1.50 bits per heavy atom. The average molecular weight is 116 g/mol. The molecule has 0 aromatic heterocycles. The molecule has 0 aliphatic heterocycles. The van der Waals surface area contributed by atoms with Crippen molar-refractivity contribution in [3.63, 3.8) is 0 Å². The van der Waals surface area contributed by atoms with Crippen LogP contribution in [0.25, 0.3) is 0 Å². The van der Waals surface area contributed by atoms with Gasteiger partial charge in [0.25, 0.3) is 0 Å². The van der Waals surface area contributed by atoms with Gasteiger partial charge >= 0.3 is 41.7 Å². The molecule has 0 aliphatic carbocycles. The SMILES string of the molecule is C[Si](C)(C)C#P. The van der Waals surface area contributed by atoms with Crippen molar-refractivity contribution in [2.45, 2.75) is 19.6 Å². The molecule has 34 valence electrons. The maximum absolute atomic E-state index is 3.91. The van der Waals surface area contributed by atoms with Crippen molar-refractivity contribution < 1.29 is 0 Å². The van der Waals surface area contributed by atoms with Gasteiger partial charge in [-0.25, -0.2) is 0 Å². The number of rotatable bonds is 0. The van der Waals surface area contributed by atoms with Gasteiger partial charge in [-0.2, -0.15) is 0 Å². The summed E-state index contributed by atoms with van der Waals surface area (Å²) >= 11 is 0. The van der Waals surface area contributed by atoms with Gasteiger partial charge in [0.1, 0.15) is 0 Å². The quantitative estimate of drug-likeness (QED) is 0.336. The number of hydrogen-bond acceptors (Lipinski definition) is 0. The van der Waals surface area contributed by atoms with Crippen LogP contribution in [0, 0.1) is 5.25 Å². The summed E-state index contributed by atoms with van der Waals surface area (Å²) in [6.07, 6.45) is 0. The molecule has 0 fully saturated rings. The monoisotopic (exact) mass is 116 g/mol. The molecular weight excluding hydrogens is 107 g/mol. The number of hydrogen-bond donors (Lipinski definition) is 0. The van der Waals surface area contributed by atoms with Crippen molar-refractivity contribution in [3.05, 3.63) is 0 Å². The third-order valence-electron chi connectivity index (χ3n) is 0.335. The van der Waals surface area contributed by atoms with Gasteiger partial charge in [-0.05, 0) is 0 Å². The van der Waals surface area contributed by atoms with Crippen LogP contribution in [0.5, 0.6) is 0 Å². The Morgan fingerprint density at radius 1 is 1.33 bits per heavy atom. The van der Waals surface area contributed by atoms with Gasteiger partial charge in [0.2, 0.25) is 0 Å². The van der Waals surface area contributed by atoms with Crippen LogP contribution in [-0.2, 0) is 0 Å². The van der Waals surface area contributed by atoms with Gasteiger partial charge in [-0.1, -0.05) is 0 Å². The predicted octanol–water partition coefficient (Wildman–Crippen LogP) is 2.23. The van der Waals surface area contributed by atoms with E-state index in [0.717, 1.165) is 0 Å². The Morgan fingerprint density at radius 3 is 1.50 bits per heavy atom. The van der Waals surface area contributed by atoms with E-state index in [1.165, 1.54) is 0 Å². The molecule has 0 bridgehead atoms. The van der Waals surface area contributed by atoms with Crippen LogP contribution in [0.3, 0.4) is 0 Å². The topological polar surface area (TPSA) is 0 Å². The summed E-state index contributed by atoms with van der Waals surface area (Å²) in [5, 5.41) is 2.94. The Kier molecular flexibility index (Phi) is 2.07. The first kappa shape index (κ1) is 6.43. The van der Waals surface area contributed by atoms with Crippen molar-refractivity contribution in [1.82, 2.24) is 0 Å². The zero-order valence-corrected chi connectivity index (χ0v) is 6.34. The molecule has 6 heavy (non-hydrogen) atoms. The van der Waals surface area contributed by atoms with Crippen LogP contribution in [0.15, 0.2) is 0 Å². The minimum absolute atomic E-state index is 1.02. The summed E-state index contributed by atoms with van der Waals surface area (Å²) in [5.74, 6) is 0. The fourth-order valence-electron chi connectivity index (χ4n) is 0. The van der Waals surface area contributed by atoms with Gasteiger partial charge in [-0.15, -0.1) is 0 Å². The van der Waals surface area contributed by atoms with Crippen molar-refractivity contribution in [3.8, 4) is 5.25 Å². The van der Waals surface area contributed by atoms with Crippen LogP contribution < -0.4 is 0 Å². The van der Waals surface area contributed by atoms with Crippen molar-refractivity contribution in [2.24, 2.45) is 0 Å². The van der Waals surface area contributed by atoms with Crippen LogP contribution in [0.1, 0.15) is 0 Å². The molecule has 0 radical (unpaired) electrons. The first-order valence-electron chi connectivity index (χ1n) is 1.97. The molecule has 0 aliphatic rings. The van der Waals surface area contributed by atoms with Crippen LogP contribution in [0.4, 0.5) is 0 Å². The maximum atomic E-state index is 3.91. The van der Waals surface area contributed by atoms with Gasteiger partial charge in [0.15, 0.2) is 0 Å². The molecule has 0 rings (SSSR count). The molecule has 0 nitrogen and oxygen atoms in total. The minimum atomic E-state index is -1.02. The van der Waals surface area contributed by atoms with Crippen molar-refractivity contribution in [2.75, 3.05) is 0 Å². The fourth-order valence-corrected chi connectivity index (χ4v) is 0. The van der Waals surface area contributed by atoms with E-state index in [4.69, 9.17) is 0 Å². The van der Waals surface area contributed by atoms with Gasteiger partial charge < -0.3 is 0 Å². The molecule has 0 atom stereocenters.